The van der Waals surface area contributed by atoms with Crippen molar-refractivity contribution >= 4 is 29.1 Å². The lowest BCUT2D eigenvalue weighted by atomic mass is 10.3. The molecule has 2 rings (SSSR count). The van der Waals surface area contributed by atoms with Gasteiger partial charge in [0.05, 0.1) is 11.0 Å². The molecule has 0 atom stereocenters. The molecule has 2 aromatic rings. The van der Waals surface area contributed by atoms with Crippen LogP contribution in [0.3, 0.4) is 0 Å². The zero-order valence-electron chi connectivity index (χ0n) is 8.84. The molecule has 0 fully saturated rings. The van der Waals surface area contributed by atoms with Gasteiger partial charge in [0, 0.05) is 11.0 Å². The number of rotatable bonds is 3. The van der Waals surface area contributed by atoms with Crippen molar-refractivity contribution in [2.45, 2.75) is 9.92 Å². The van der Waals surface area contributed by atoms with E-state index in [2.05, 4.69) is 4.98 Å². The van der Waals surface area contributed by atoms with Crippen LogP contribution in [0.2, 0.25) is 5.15 Å². The van der Waals surface area contributed by atoms with Crippen molar-refractivity contribution in [3.05, 3.63) is 57.5 Å². The van der Waals surface area contributed by atoms with E-state index in [1.807, 2.05) is 0 Å². The molecule has 1 aromatic heterocycles. The molecular formula is C11H6ClFN2O2S. The van der Waals surface area contributed by atoms with Gasteiger partial charge in [0.2, 0.25) is 0 Å². The molecule has 7 heteroatoms. The standard InChI is InChI=1S/C11H6ClFN2O2S/c12-10-5-7(15(16)17)6-11(14-10)18-9-4-2-1-3-8(9)13/h1-6H. The van der Waals surface area contributed by atoms with Gasteiger partial charge in [-0.25, -0.2) is 9.37 Å². The maximum Gasteiger partial charge on any atom is 0.275 e. The largest absolute Gasteiger partial charge is 0.275 e. The van der Waals surface area contributed by atoms with Crippen molar-refractivity contribution < 1.29 is 9.31 Å². The van der Waals surface area contributed by atoms with Gasteiger partial charge in [-0.15, -0.1) is 0 Å². The topological polar surface area (TPSA) is 56.0 Å². The molecule has 0 N–H and O–H groups in total. The molecule has 0 aliphatic carbocycles. The first kappa shape index (κ1) is 12.8. The number of nitro groups is 1. The van der Waals surface area contributed by atoms with Crippen LogP contribution in [0.4, 0.5) is 10.1 Å². The smallest absolute Gasteiger partial charge is 0.258 e. The van der Waals surface area contributed by atoms with Gasteiger partial charge in [0.25, 0.3) is 5.69 Å². The molecule has 0 aliphatic heterocycles. The number of nitrogens with zero attached hydrogens (tertiary/aromatic N) is 2. The lowest BCUT2D eigenvalue weighted by molar-refractivity contribution is -0.385. The third kappa shape index (κ3) is 2.96. The van der Waals surface area contributed by atoms with E-state index >= 15 is 0 Å². The zero-order valence-corrected chi connectivity index (χ0v) is 10.4. The molecule has 1 heterocycles. The Balaban J connectivity index is 2.35. The fraction of sp³-hybridized carbons (Fsp3) is 0. The Labute approximate surface area is 111 Å². The molecule has 1 aromatic carbocycles. The Kier molecular flexibility index (Phi) is 3.78. The number of hydrogen-bond acceptors (Lipinski definition) is 4. The minimum Gasteiger partial charge on any atom is -0.258 e. The normalized spacial score (nSPS) is 10.3. The predicted octanol–water partition coefficient (Wildman–Crippen LogP) is 3.93. The fourth-order valence-corrected chi connectivity index (χ4v) is 2.37. The highest BCUT2D eigenvalue weighted by atomic mass is 35.5. The highest BCUT2D eigenvalue weighted by molar-refractivity contribution is 7.99. The monoisotopic (exact) mass is 284 g/mol. The first-order valence-corrected chi connectivity index (χ1v) is 6.00. The Hall–Kier alpha value is -1.66. The van der Waals surface area contributed by atoms with Gasteiger partial charge in [0.1, 0.15) is 16.0 Å². The first-order valence-electron chi connectivity index (χ1n) is 4.80. The minimum atomic E-state index is -0.570. The highest BCUT2D eigenvalue weighted by Gasteiger charge is 2.12. The van der Waals surface area contributed by atoms with Crippen molar-refractivity contribution in [2.75, 3.05) is 0 Å². The molecule has 0 unspecified atom stereocenters. The summed E-state index contributed by atoms with van der Waals surface area (Å²) in [6.07, 6.45) is 0. The van der Waals surface area contributed by atoms with Crippen molar-refractivity contribution in [3.63, 3.8) is 0 Å². The van der Waals surface area contributed by atoms with E-state index in [0.29, 0.717) is 4.90 Å². The van der Waals surface area contributed by atoms with Crippen molar-refractivity contribution in [1.29, 1.82) is 0 Å². The lowest BCUT2D eigenvalue weighted by Crippen LogP contribution is -1.91. The van der Waals surface area contributed by atoms with Crippen LogP contribution in [0, 0.1) is 15.9 Å². The lowest BCUT2D eigenvalue weighted by Gasteiger charge is -2.02. The van der Waals surface area contributed by atoms with Crippen molar-refractivity contribution in [2.24, 2.45) is 0 Å². The van der Waals surface area contributed by atoms with E-state index in [0.717, 1.165) is 17.8 Å². The molecule has 0 aliphatic rings. The van der Waals surface area contributed by atoms with Crippen LogP contribution in [-0.4, -0.2) is 9.91 Å². The Morgan fingerprint density at radius 2 is 2.06 bits per heavy atom. The molecule has 92 valence electrons. The van der Waals surface area contributed by atoms with Crippen LogP contribution in [0.15, 0.2) is 46.3 Å². The summed E-state index contributed by atoms with van der Waals surface area (Å²) in [5, 5.41) is 10.9. The van der Waals surface area contributed by atoms with Crippen LogP contribution < -0.4 is 0 Å². The summed E-state index contributed by atoms with van der Waals surface area (Å²) >= 11 is 6.66. The van der Waals surface area contributed by atoms with E-state index in [4.69, 9.17) is 11.6 Å². The molecule has 0 spiro atoms. The minimum absolute atomic E-state index is 0.00281. The third-order valence-corrected chi connectivity index (χ3v) is 3.18. The zero-order chi connectivity index (χ0) is 13.1. The summed E-state index contributed by atoms with van der Waals surface area (Å²) in [4.78, 5) is 14.3. The number of aromatic nitrogens is 1. The van der Waals surface area contributed by atoms with Crippen molar-refractivity contribution in [3.8, 4) is 0 Å². The maximum atomic E-state index is 13.4. The number of hydrogen-bond donors (Lipinski definition) is 0. The summed E-state index contributed by atoms with van der Waals surface area (Å²) in [6, 6.07) is 8.50. The number of halogens is 2. The Morgan fingerprint density at radius 3 is 2.72 bits per heavy atom. The quantitative estimate of drug-likeness (QED) is 0.487. The van der Waals surface area contributed by atoms with Gasteiger partial charge < -0.3 is 0 Å². The second-order valence-corrected chi connectivity index (χ2v) is 4.73. The molecule has 0 radical (unpaired) electrons. The average Bonchev–Trinajstić information content (AvgIpc) is 2.31. The fourth-order valence-electron chi connectivity index (χ4n) is 1.26. The summed E-state index contributed by atoms with van der Waals surface area (Å²) < 4.78 is 13.4. The average molecular weight is 285 g/mol. The molecule has 0 amide bonds. The molecule has 0 saturated heterocycles. The molecule has 4 nitrogen and oxygen atoms in total. The Bertz CT molecular complexity index is 609. The van der Waals surface area contributed by atoms with Crippen LogP contribution in [0.1, 0.15) is 0 Å². The highest BCUT2D eigenvalue weighted by Crippen LogP contribution is 2.31. The van der Waals surface area contributed by atoms with Gasteiger partial charge in [-0.2, -0.15) is 0 Å². The van der Waals surface area contributed by atoms with Gasteiger partial charge in [-0.3, -0.25) is 10.1 Å². The van der Waals surface area contributed by atoms with E-state index in [9.17, 15) is 14.5 Å². The van der Waals surface area contributed by atoms with Crippen LogP contribution in [0.25, 0.3) is 0 Å². The number of benzene rings is 1. The van der Waals surface area contributed by atoms with Gasteiger partial charge in [-0.1, -0.05) is 35.5 Å². The van der Waals surface area contributed by atoms with E-state index in [1.54, 1.807) is 18.2 Å². The van der Waals surface area contributed by atoms with E-state index < -0.39 is 10.7 Å². The van der Waals surface area contributed by atoms with Gasteiger partial charge in [-0.05, 0) is 12.1 Å². The van der Waals surface area contributed by atoms with Gasteiger partial charge in [0.15, 0.2) is 0 Å². The molecule has 0 bridgehead atoms. The third-order valence-electron chi connectivity index (χ3n) is 2.02. The van der Waals surface area contributed by atoms with E-state index in [-0.39, 0.29) is 15.9 Å². The molecule has 0 saturated carbocycles. The van der Waals surface area contributed by atoms with Crippen LogP contribution in [0.5, 0.6) is 0 Å². The summed E-state index contributed by atoms with van der Waals surface area (Å²) in [6.45, 7) is 0. The second kappa shape index (κ2) is 5.32. The van der Waals surface area contributed by atoms with Crippen LogP contribution >= 0.6 is 23.4 Å². The van der Waals surface area contributed by atoms with Crippen LogP contribution in [-0.2, 0) is 0 Å². The summed E-state index contributed by atoms with van der Waals surface area (Å²) in [7, 11) is 0. The summed E-state index contributed by atoms with van der Waals surface area (Å²) in [5.74, 6) is -0.410. The second-order valence-electron chi connectivity index (χ2n) is 3.28. The molecular weight excluding hydrogens is 279 g/mol. The summed E-state index contributed by atoms with van der Waals surface area (Å²) in [5.41, 5.74) is -0.172. The maximum absolute atomic E-state index is 13.4. The van der Waals surface area contributed by atoms with E-state index in [1.165, 1.54) is 12.1 Å². The first-order chi connectivity index (χ1) is 8.56. The van der Waals surface area contributed by atoms with Gasteiger partial charge >= 0.3 is 0 Å². The SMILES string of the molecule is O=[N+]([O-])c1cc(Cl)nc(Sc2ccccc2F)c1. The molecule has 18 heavy (non-hydrogen) atoms. The number of pyridine rings is 1. The Morgan fingerprint density at radius 1 is 1.33 bits per heavy atom. The predicted molar refractivity (Wildman–Crippen MR) is 66.4 cm³/mol. The van der Waals surface area contributed by atoms with Crippen molar-refractivity contribution in [1.82, 2.24) is 4.98 Å².